The van der Waals surface area contributed by atoms with E-state index < -0.39 is 21.3 Å². The maximum absolute atomic E-state index is 13.4. The lowest BCUT2D eigenvalue weighted by atomic mass is 9.88. The highest BCUT2D eigenvalue weighted by Gasteiger charge is 2.35. The van der Waals surface area contributed by atoms with Crippen LogP contribution in [0.1, 0.15) is 30.9 Å². The van der Waals surface area contributed by atoms with Crippen molar-refractivity contribution in [1.29, 1.82) is 0 Å². The molecule has 7 nitrogen and oxygen atoms in total. The third-order valence-corrected chi connectivity index (χ3v) is 7.11. The molecule has 1 heterocycles. The average molecular weight is 391 g/mol. The van der Waals surface area contributed by atoms with Crippen molar-refractivity contribution in [1.82, 2.24) is 13.4 Å². The molecule has 0 bridgehead atoms. The lowest BCUT2D eigenvalue weighted by Gasteiger charge is -2.34. The number of sulfonamides is 1. The molecular weight excluding hydrogens is 366 g/mol. The van der Waals surface area contributed by atoms with Crippen molar-refractivity contribution < 1.29 is 8.42 Å². The lowest BCUT2D eigenvalue weighted by molar-refractivity contribution is 0.292. The Hall–Kier alpha value is -2.19. The van der Waals surface area contributed by atoms with Crippen molar-refractivity contribution in [2.24, 2.45) is 14.1 Å². The van der Waals surface area contributed by atoms with Gasteiger partial charge >= 0.3 is 5.69 Å². The molecule has 3 rings (SSSR count). The predicted molar refractivity (Wildman–Crippen MR) is 103 cm³/mol. The zero-order chi connectivity index (χ0) is 19.8. The van der Waals surface area contributed by atoms with E-state index in [-0.39, 0.29) is 10.9 Å². The molecule has 27 heavy (non-hydrogen) atoms. The molecule has 0 spiro atoms. The van der Waals surface area contributed by atoms with Crippen molar-refractivity contribution in [3.63, 3.8) is 0 Å². The van der Waals surface area contributed by atoms with E-state index in [4.69, 9.17) is 0 Å². The summed E-state index contributed by atoms with van der Waals surface area (Å²) in [6.07, 6.45) is 3.93. The SMILES string of the molecule is CCCN(C1CCc2ccccc2C1)S(=O)(=O)c1cn(C)c(=O)n(C)c1=O. The molecule has 0 radical (unpaired) electrons. The maximum atomic E-state index is 13.4. The third kappa shape index (κ3) is 3.51. The van der Waals surface area contributed by atoms with Gasteiger partial charge in [-0.15, -0.1) is 0 Å². The van der Waals surface area contributed by atoms with Gasteiger partial charge in [0.05, 0.1) is 0 Å². The second-order valence-corrected chi connectivity index (χ2v) is 8.89. The molecule has 0 aliphatic heterocycles. The van der Waals surface area contributed by atoms with Gasteiger partial charge in [0.1, 0.15) is 0 Å². The summed E-state index contributed by atoms with van der Waals surface area (Å²) in [5, 5.41) is 0. The summed E-state index contributed by atoms with van der Waals surface area (Å²) in [5.41, 5.74) is 1.07. The predicted octanol–water partition coefficient (Wildman–Crippen LogP) is 1.04. The maximum Gasteiger partial charge on any atom is 0.330 e. The van der Waals surface area contributed by atoms with Crippen LogP contribution in [0.4, 0.5) is 0 Å². The smallest absolute Gasteiger partial charge is 0.302 e. The molecule has 0 fully saturated rings. The number of nitrogens with zero attached hydrogens (tertiary/aromatic N) is 3. The number of aromatic nitrogens is 2. The average Bonchev–Trinajstić information content (AvgIpc) is 2.66. The van der Waals surface area contributed by atoms with Gasteiger partial charge in [0.2, 0.25) is 10.0 Å². The van der Waals surface area contributed by atoms with Gasteiger partial charge < -0.3 is 4.57 Å². The zero-order valence-corrected chi connectivity index (χ0v) is 16.7. The Bertz CT molecular complexity index is 1070. The standard InChI is InChI=1S/C19H25N3O4S/c1-4-11-22(16-10-9-14-7-5-6-8-15(14)12-16)27(25,26)17-13-20(2)19(24)21(3)18(17)23/h5-8,13,16H,4,9-12H2,1-3H3. The second-order valence-electron chi connectivity index (χ2n) is 7.03. The first-order chi connectivity index (χ1) is 12.8. The van der Waals surface area contributed by atoms with E-state index in [1.54, 1.807) is 0 Å². The number of hydrogen-bond acceptors (Lipinski definition) is 4. The number of hydrogen-bond donors (Lipinski definition) is 0. The van der Waals surface area contributed by atoms with Gasteiger partial charge in [-0.3, -0.25) is 9.36 Å². The molecule has 2 aromatic rings. The summed E-state index contributed by atoms with van der Waals surface area (Å²) in [4.78, 5) is 24.1. The highest BCUT2D eigenvalue weighted by molar-refractivity contribution is 7.89. The molecule has 0 N–H and O–H groups in total. The van der Waals surface area contributed by atoms with Crippen LogP contribution in [0.5, 0.6) is 0 Å². The molecular formula is C19H25N3O4S. The van der Waals surface area contributed by atoms with Gasteiger partial charge in [0, 0.05) is 32.9 Å². The quantitative estimate of drug-likeness (QED) is 0.763. The first-order valence-electron chi connectivity index (χ1n) is 9.12. The molecule has 1 aliphatic rings. The van der Waals surface area contributed by atoms with Crippen LogP contribution in [0.2, 0.25) is 0 Å². The van der Waals surface area contributed by atoms with Crippen LogP contribution < -0.4 is 11.2 Å². The first kappa shape index (κ1) is 19.6. The molecule has 1 atom stereocenters. The van der Waals surface area contributed by atoms with Crippen LogP contribution >= 0.6 is 0 Å². The Morgan fingerprint density at radius 1 is 1.15 bits per heavy atom. The fourth-order valence-corrected chi connectivity index (χ4v) is 5.62. The van der Waals surface area contributed by atoms with Gasteiger partial charge in [-0.2, -0.15) is 4.31 Å². The summed E-state index contributed by atoms with van der Waals surface area (Å²) >= 11 is 0. The van der Waals surface area contributed by atoms with E-state index >= 15 is 0 Å². The summed E-state index contributed by atoms with van der Waals surface area (Å²) in [6, 6.07) is 7.86. The van der Waals surface area contributed by atoms with Crippen LogP contribution in [-0.4, -0.2) is 34.4 Å². The highest BCUT2D eigenvalue weighted by Crippen LogP contribution is 2.27. The van der Waals surface area contributed by atoms with E-state index in [1.165, 1.54) is 24.0 Å². The molecule has 1 aliphatic carbocycles. The molecule has 0 amide bonds. The summed E-state index contributed by atoms with van der Waals surface area (Å²) in [6.45, 7) is 2.25. The Morgan fingerprint density at radius 3 is 2.48 bits per heavy atom. The topological polar surface area (TPSA) is 81.4 Å². The monoisotopic (exact) mass is 391 g/mol. The number of aryl methyl sites for hydroxylation is 2. The van der Waals surface area contributed by atoms with Crippen LogP contribution in [0.25, 0.3) is 0 Å². The molecule has 1 aromatic heterocycles. The number of fused-ring (bicyclic) bond motifs is 1. The Labute approximate surface area is 158 Å². The second kappa shape index (κ2) is 7.44. The minimum absolute atomic E-state index is 0.202. The van der Waals surface area contributed by atoms with Gasteiger partial charge in [0.25, 0.3) is 5.56 Å². The van der Waals surface area contributed by atoms with E-state index in [1.807, 2.05) is 25.1 Å². The Morgan fingerprint density at radius 2 is 1.81 bits per heavy atom. The van der Waals surface area contributed by atoms with Crippen LogP contribution in [0.3, 0.4) is 0 Å². The van der Waals surface area contributed by atoms with Gasteiger partial charge in [-0.1, -0.05) is 31.2 Å². The summed E-state index contributed by atoms with van der Waals surface area (Å²) < 4.78 is 30.2. The molecule has 146 valence electrons. The molecule has 8 heteroatoms. The van der Waals surface area contributed by atoms with E-state index in [2.05, 4.69) is 6.07 Å². The Balaban J connectivity index is 2.05. The van der Waals surface area contributed by atoms with Crippen molar-refractivity contribution in [3.05, 3.63) is 62.4 Å². The van der Waals surface area contributed by atoms with Crippen molar-refractivity contribution in [2.45, 2.75) is 43.5 Å². The minimum Gasteiger partial charge on any atom is -0.302 e. The number of rotatable bonds is 5. The van der Waals surface area contributed by atoms with Crippen LogP contribution in [-0.2, 0) is 37.0 Å². The third-order valence-electron chi connectivity index (χ3n) is 5.17. The summed E-state index contributed by atoms with van der Waals surface area (Å²) in [7, 11) is -1.27. The largest absolute Gasteiger partial charge is 0.330 e. The van der Waals surface area contributed by atoms with Crippen LogP contribution in [0.15, 0.2) is 44.9 Å². The normalized spacial score (nSPS) is 17.1. The van der Waals surface area contributed by atoms with Crippen molar-refractivity contribution in [2.75, 3.05) is 6.54 Å². The molecule has 1 aromatic carbocycles. The zero-order valence-electron chi connectivity index (χ0n) is 15.9. The van der Waals surface area contributed by atoms with E-state index in [0.717, 1.165) is 27.3 Å². The fourth-order valence-electron chi connectivity index (χ4n) is 3.72. The Kier molecular flexibility index (Phi) is 5.39. The molecule has 0 saturated carbocycles. The van der Waals surface area contributed by atoms with Gasteiger partial charge in [-0.25, -0.2) is 13.2 Å². The fraction of sp³-hybridized carbons (Fsp3) is 0.474. The molecule has 1 unspecified atom stereocenters. The van der Waals surface area contributed by atoms with Gasteiger partial charge in [0.15, 0.2) is 4.90 Å². The lowest BCUT2D eigenvalue weighted by Crippen LogP contribution is -2.47. The minimum atomic E-state index is -4.02. The van der Waals surface area contributed by atoms with Crippen molar-refractivity contribution in [3.8, 4) is 0 Å². The molecule has 0 saturated heterocycles. The van der Waals surface area contributed by atoms with E-state index in [9.17, 15) is 18.0 Å². The van der Waals surface area contributed by atoms with E-state index in [0.29, 0.717) is 25.8 Å². The van der Waals surface area contributed by atoms with Crippen LogP contribution in [0, 0.1) is 0 Å². The summed E-state index contributed by atoms with van der Waals surface area (Å²) in [5.74, 6) is 0. The number of benzene rings is 1. The highest BCUT2D eigenvalue weighted by atomic mass is 32.2. The van der Waals surface area contributed by atoms with Gasteiger partial charge in [-0.05, 0) is 36.8 Å². The first-order valence-corrected chi connectivity index (χ1v) is 10.6. The van der Waals surface area contributed by atoms with Crippen molar-refractivity contribution >= 4 is 10.0 Å².